The average Bonchev–Trinajstić information content (AvgIpc) is 3.42. The van der Waals surface area contributed by atoms with E-state index >= 15 is 0 Å². The number of fused-ring (bicyclic) bond motifs is 1. The first kappa shape index (κ1) is 24.6. The zero-order valence-corrected chi connectivity index (χ0v) is 19.9. The third-order valence-electron chi connectivity index (χ3n) is 5.73. The number of rotatable bonds is 8. The number of aliphatic carboxylic acids is 1. The van der Waals surface area contributed by atoms with Crippen molar-refractivity contribution in [2.24, 2.45) is 5.73 Å². The third kappa shape index (κ3) is 5.29. The van der Waals surface area contributed by atoms with Gasteiger partial charge in [0.15, 0.2) is 0 Å². The normalized spacial score (nSPS) is 15.3. The van der Waals surface area contributed by atoms with E-state index in [0.29, 0.717) is 35.7 Å². The Balaban J connectivity index is 1.41. The molecule has 35 heavy (non-hydrogen) atoms. The van der Waals surface area contributed by atoms with E-state index in [1.807, 2.05) is 0 Å². The molecule has 2 amide bonds. The second-order valence-electron chi connectivity index (χ2n) is 8.01. The predicted octanol–water partition coefficient (Wildman–Crippen LogP) is 2.60. The molecule has 0 unspecified atom stereocenters. The van der Waals surface area contributed by atoms with Crippen LogP contribution in [0.4, 0.5) is 5.69 Å². The largest absolute Gasteiger partial charge is 0.480 e. The van der Waals surface area contributed by atoms with Gasteiger partial charge >= 0.3 is 5.97 Å². The Hall–Kier alpha value is -3.47. The van der Waals surface area contributed by atoms with Crippen LogP contribution in [-0.2, 0) is 29.0 Å². The summed E-state index contributed by atoms with van der Waals surface area (Å²) in [6, 6.07) is 9.64. The monoisotopic (exact) mass is 516 g/mol. The number of hydrogen-bond acceptors (Lipinski definition) is 6. The molecule has 0 aliphatic carbocycles. The molecule has 4 rings (SSSR count). The molecule has 0 spiro atoms. The topological polar surface area (TPSA) is 152 Å². The van der Waals surface area contributed by atoms with Crippen molar-refractivity contribution in [2.45, 2.75) is 37.9 Å². The van der Waals surface area contributed by atoms with Gasteiger partial charge in [0.25, 0.3) is 5.91 Å². The summed E-state index contributed by atoms with van der Waals surface area (Å²) < 4.78 is 1.68. The number of aryl methyl sites for hydroxylation is 1. The fourth-order valence-electron chi connectivity index (χ4n) is 4.01. The lowest BCUT2D eigenvalue weighted by Crippen LogP contribution is -2.45. The summed E-state index contributed by atoms with van der Waals surface area (Å²) in [4.78, 5) is 37.3. The van der Waals surface area contributed by atoms with Crippen LogP contribution in [0.1, 0.15) is 40.0 Å². The smallest absolute Gasteiger partial charge is 0.326 e. The maximum absolute atomic E-state index is 12.9. The number of nitrogens with zero attached hydrogens (tertiary/aromatic N) is 3. The van der Waals surface area contributed by atoms with Crippen molar-refractivity contribution in [3.05, 3.63) is 75.3 Å². The summed E-state index contributed by atoms with van der Waals surface area (Å²) in [6.07, 6.45) is 1.12. The highest BCUT2D eigenvalue weighted by Crippen LogP contribution is 2.27. The molecule has 2 heterocycles. The van der Waals surface area contributed by atoms with Gasteiger partial charge in [-0.1, -0.05) is 41.4 Å². The molecule has 0 radical (unpaired) electrons. The first-order valence-electron chi connectivity index (χ1n) is 10.8. The average molecular weight is 517 g/mol. The maximum Gasteiger partial charge on any atom is 0.326 e. The SMILES string of the molecule is NCc1nnc2n1[C@H](C(=O)N[C@@H](Cc1ccc(NC(=O)c3c(Cl)cccc3Cl)cc1)C(=O)O)CC2. The lowest BCUT2D eigenvalue weighted by atomic mass is 10.0. The van der Waals surface area contributed by atoms with E-state index in [2.05, 4.69) is 20.8 Å². The highest BCUT2D eigenvalue weighted by Gasteiger charge is 2.34. The highest BCUT2D eigenvalue weighted by molar-refractivity contribution is 6.40. The van der Waals surface area contributed by atoms with Crippen molar-refractivity contribution >= 4 is 46.7 Å². The zero-order valence-electron chi connectivity index (χ0n) is 18.4. The second-order valence-corrected chi connectivity index (χ2v) is 8.83. The van der Waals surface area contributed by atoms with Gasteiger partial charge < -0.3 is 26.0 Å². The van der Waals surface area contributed by atoms with Crippen LogP contribution in [0.25, 0.3) is 0 Å². The standard InChI is InChI=1S/C23H22Cl2N6O4/c24-14-2-1-3-15(25)20(14)22(33)27-13-6-4-12(5-7-13)10-16(23(34)35)28-21(32)17-8-9-18-29-30-19(11-26)31(17)18/h1-7,16-17H,8-11,26H2,(H,27,33)(H,28,32)(H,34,35)/t16-,17-/m0/s1. The molecule has 5 N–H and O–H groups in total. The van der Waals surface area contributed by atoms with Crippen LogP contribution >= 0.6 is 23.2 Å². The quantitative estimate of drug-likeness (QED) is 0.358. The molecule has 2 aromatic carbocycles. The lowest BCUT2D eigenvalue weighted by Gasteiger charge is -2.19. The van der Waals surface area contributed by atoms with Crippen LogP contribution in [0.2, 0.25) is 10.0 Å². The molecule has 1 aliphatic rings. The van der Waals surface area contributed by atoms with E-state index in [1.54, 1.807) is 47.0 Å². The number of hydrogen-bond donors (Lipinski definition) is 4. The predicted molar refractivity (Wildman–Crippen MR) is 129 cm³/mol. The Kier molecular flexibility index (Phi) is 7.34. The minimum Gasteiger partial charge on any atom is -0.480 e. The third-order valence-corrected chi connectivity index (χ3v) is 6.36. The number of anilines is 1. The van der Waals surface area contributed by atoms with Gasteiger partial charge in [0.2, 0.25) is 5.91 Å². The fraction of sp³-hybridized carbons (Fsp3) is 0.261. The minimum atomic E-state index is -1.16. The molecular formula is C23H22Cl2N6O4. The Labute approximate surface area is 210 Å². The van der Waals surface area contributed by atoms with E-state index in [0.717, 1.165) is 0 Å². The summed E-state index contributed by atoms with van der Waals surface area (Å²) in [5.74, 6) is -0.907. The van der Waals surface area contributed by atoms with Crippen LogP contribution in [0.3, 0.4) is 0 Å². The molecule has 182 valence electrons. The summed E-state index contributed by atoms with van der Waals surface area (Å²) in [7, 11) is 0. The molecule has 10 nitrogen and oxygen atoms in total. The highest BCUT2D eigenvalue weighted by atomic mass is 35.5. The van der Waals surface area contributed by atoms with Gasteiger partial charge in [-0.25, -0.2) is 4.79 Å². The Morgan fingerprint density at radius 2 is 1.80 bits per heavy atom. The Morgan fingerprint density at radius 1 is 1.11 bits per heavy atom. The fourth-order valence-corrected chi connectivity index (χ4v) is 4.58. The molecule has 0 bridgehead atoms. The summed E-state index contributed by atoms with van der Waals surface area (Å²) in [5.41, 5.74) is 6.98. The van der Waals surface area contributed by atoms with Gasteiger partial charge in [0.05, 0.1) is 22.2 Å². The van der Waals surface area contributed by atoms with Crippen molar-refractivity contribution in [3.63, 3.8) is 0 Å². The van der Waals surface area contributed by atoms with Gasteiger partial charge in [-0.15, -0.1) is 10.2 Å². The molecular weight excluding hydrogens is 495 g/mol. The number of nitrogens with one attached hydrogen (secondary N) is 2. The van der Waals surface area contributed by atoms with Gasteiger partial charge in [-0.05, 0) is 36.2 Å². The van der Waals surface area contributed by atoms with Gasteiger partial charge in [0.1, 0.15) is 23.7 Å². The Morgan fingerprint density at radius 3 is 2.43 bits per heavy atom. The van der Waals surface area contributed by atoms with Crippen LogP contribution in [0.5, 0.6) is 0 Å². The molecule has 1 aromatic heterocycles. The molecule has 3 aromatic rings. The van der Waals surface area contributed by atoms with Gasteiger partial charge in [-0.3, -0.25) is 9.59 Å². The van der Waals surface area contributed by atoms with Crippen LogP contribution in [0.15, 0.2) is 42.5 Å². The number of carboxylic acid groups (broad SMARTS) is 1. The molecule has 12 heteroatoms. The van der Waals surface area contributed by atoms with Crippen LogP contribution < -0.4 is 16.4 Å². The molecule has 1 aliphatic heterocycles. The number of carbonyl (C=O) groups is 3. The van der Waals surface area contributed by atoms with E-state index in [-0.39, 0.29) is 28.6 Å². The maximum atomic E-state index is 12.9. The van der Waals surface area contributed by atoms with Crippen molar-refractivity contribution in [1.82, 2.24) is 20.1 Å². The number of halogens is 2. The van der Waals surface area contributed by atoms with E-state index in [4.69, 9.17) is 28.9 Å². The van der Waals surface area contributed by atoms with E-state index < -0.39 is 29.9 Å². The number of carbonyl (C=O) groups excluding carboxylic acids is 2. The zero-order chi connectivity index (χ0) is 25.1. The Bertz CT molecular complexity index is 1260. The first-order valence-corrected chi connectivity index (χ1v) is 11.5. The van der Waals surface area contributed by atoms with E-state index in [9.17, 15) is 19.5 Å². The molecule has 2 atom stereocenters. The van der Waals surface area contributed by atoms with Gasteiger partial charge in [0, 0.05) is 18.5 Å². The van der Waals surface area contributed by atoms with Gasteiger partial charge in [-0.2, -0.15) is 0 Å². The second kappa shape index (κ2) is 10.4. The number of benzene rings is 2. The molecule has 0 fully saturated rings. The number of nitrogens with two attached hydrogens (primary N) is 1. The summed E-state index contributed by atoms with van der Waals surface area (Å²) in [6.45, 7) is 0.130. The van der Waals surface area contributed by atoms with Crippen molar-refractivity contribution in [3.8, 4) is 0 Å². The number of carboxylic acids is 1. The molecule has 0 saturated carbocycles. The molecule has 0 saturated heterocycles. The summed E-state index contributed by atoms with van der Waals surface area (Å²) >= 11 is 12.2. The minimum absolute atomic E-state index is 0.0527. The number of amides is 2. The summed E-state index contributed by atoms with van der Waals surface area (Å²) in [5, 5.41) is 23.5. The number of aromatic nitrogens is 3. The van der Waals surface area contributed by atoms with E-state index in [1.165, 1.54) is 0 Å². The lowest BCUT2D eigenvalue weighted by molar-refractivity contribution is -0.142. The van der Waals surface area contributed by atoms with Crippen LogP contribution in [0, 0.1) is 0 Å². The van der Waals surface area contributed by atoms with Crippen molar-refractivity contribution in [2.75, 3.05) is 5.32 Å². The van der Waals surface area contributed by atoms with Crippen molar-refractivity contribution in [1.29, 1.82) is 0 Å². The first-order chi connectivity index (χ1) is 16.8. The van der Waals surface area contributed by atoms with Crippen molar-refractivity contribution < 1.29 is 19.5 Å². The van der Waals surface area contributed by atoms with Crippen LogP contribution in [-0.4, -0.2) is 43.7 Å².